The number of nitrogens with zero attached hydrogens (tertiary/aromatic N) is 3. The Morgan fingerprint density at radius 3 is 2.33 bits per heavy atom. The number of aliphatic hydroxyl groups excluding tert-OH is 1. The number of benzene rings is 2. The molecule has 3 heterocycles. The van der Waals surface area contributed by atoms with Crippen molar-refractivity contribution in [3.8, 4) is 17.3 Å². The molecule has 0 aliphatic carbocycles. The van der Waals surface area contributed by atoms with Crippen molar-refractivity contribution in [3.05, 3.63) is 72.0 Å². The van der Waals surface area contributed by atoms with E-state index in [9.17, 15) is 23.1 Å². The fraction of sp³-hybridized carbons (Fsp3) is 0.353. The summed E-state index contributed by atoms with van der Waals surface area (Å²) in [5, 5.41) is 20.0. The molecule has 0 atom stereocenters. The predicted octanol–water partition coefficient (Wildman–Crippen LogP) is 9.43. The minimum atomic E-state index is -4.30. The minimum absolute atomic E-state index is 0. The average Bonchev–Trinajstić information content (AvgIpc) is 3.58. The molecule has 0 amide bonds. The van der Waals surface area contributed by atoms with Crippen LogP contribution in [0.1, 0.15) is 64.7 Å². The molecule has 0 saturated carbocycles. The zero-order valence-corrected chi connectivity index (χ0v) is 27.7. The first kappa shape index (κ1) is 35.5. The molecule has 0 aliphatic rings. The van der Waals surface area contributed by atoms with Crippen LogP contribution >= 0.6 is 0 Å². The van der Waals surface area contributed by atoms with Crippen molar-refractivity contribution in [3.63, 3.8) is 0 Å². The van der Waals surface area contributed by atoms with Gasteiger partial charge in [-0.1, -0.05) is 39.1 Å². The van der Waals surface area contributed by atoms with Crippen LogP contribution in [-0.2, 0) is 31.3 Å². The standard InChI is InChI=1S/C21H9F3N3O2.C13H24O2.Ir/c22-21(23,24)8-11-1-3-15-17(5-11)29-20-18(26-10-27-19(15)20)12-2-4-16-13(6-12)7-14(9-25)28-16;1-5-10(6-2)12(14)9-13(15)11(7-3)8-4;/h1,3-7,10H,8H2;9-11,14H,5-8H2,1-4H3;/q-1;;/b;12-9-;. The molecule has 0 spiro atoms. The molecule has 0 bridgehead atoms. The molecule has 5 rings (SSSR count). The Bertz CT molecular complexity index is 1840. The van der Waals surface area contributed by atoms with E-state index in [1.807, 2.05) is 33.8 Å². The summed E-state index contributed by atoms with van der Waals surface area (Å²) in [5.74, 6) is 0.727. The Balaban J connectivity index is 0.000000297. The Labute approximate surface area is 272 Å². The second kappa shape index (κ2) is 15.3. The Kier molecular flexibility index (Phi) is 12.1. The van der Waals surface area contributed by atoms with Crippen LogP contribution in [0.25, 0.3) is 44.3 Å². The molecule has 1 radical (unpaired) electrons. The van der Waals surface area contributed by atoms with Gasteiger partial charge >= 0.3 is 6.18 Å². The smallest absolute Gasteiger partial charge is 0.393 e. The molecule has 0 fully saturated rings. The van der Waals surface area contributed by atoms with Crippen LogP contribution in [0, 0.1) is 29.2 Å². The van der Waals surface area contributed by atoms with Gasteiger partial charge in [0.25, 0.3) is 0 Å². The summed E-state index contributed by atoms with van der Waals surface area (Å²) in [7, 11) is 0. The van der Waals surface area contributed by atoms with Crippen molar-refractivity contribution in [2.24, 2.45) is 11.8 Å². The number of aliphatic hydroxyl groups is 1. The van der Waals surface area contributed by atoms with E-state index in [4.69, 9.17) is 14.1 Å². The van der Waals surface area contributed by atoms with Gasteiger partial charge in [-0.05, 0) is 49.4 Å². The van der Waals surface area contributed by atoms with E-state index in [1.165, 1.54) is 24.5 Å². The third-order valence-electron chi connectivity index (χ3n) is 7.62. The molecule has 45 heavy (non-hydrogen) atoms. The van der Waals surface area contributed by atoms with E-state index in [1.54, 1.807) is 24.3 Å². The first-order valence-corrected chi connectivity index (χ1v) is 14.5. The zero-order valence-electron chi connectivity index (χ0n) is 25.3. The van der Waals surface area contributed by atoms with Crippen molar-refractivity contribution in [2.45, 2.75) is 66.0 Å². The van der Waals surface area contributed by atoms with Gasteiger partial charge in [-0.3, -0.25) is 9.78 Å². The molecular weight excluding hydrogens is 764 g/mol. The first-order valence-electron chi connectivity index (χ1n) is 14.5. The molecule has 2 aromatic carbocycles. The Hall–Kier alpha value is -4.00. The van der Waals surface area contributed by atoms with E-state index >= 15 is 0 Å². The van der Waals surface area contributed by atoms with Crippen LogP contribution in [-0.4, -0.2) is 27.0 Å². The number of fused-ring (bicyclic) bond motifs is 4. The Morgan fingerprint density at radius 2 is 1.71 bits per heavy atom. The number of hydrogen-bond donors (Lipinski definition) is 1. The molecule has 5 aromatic rings. The molecule has 11 heteroatoms. The number of aromatic nitrogens is 2. The third-order valence-corrected chi connectivity index (χ3v) is 7.62. The maximum Gasteiger partial charge on any atom is 0.393 e. The topological polar surface area (TPSA) is 113 Å². The number of rotatable bonds is 9. The number of carbonyl (C=O) groups is 1. The molecular formula is C34H33F3IrN3O4-. The van der Waals surface area contributed by atoms with Crippen LogP contribution in [0.5, 0.6) is 0 Å². The predicted molar refractivity (Wildman–Crippen MR) is 162 cm³/mol. The molecule has 3 aromatic heterocycles. The van der Waals surface area contributed by atoms with Crippen molar-refractivity contribution in [2.75, 3.05) is 0 Å². The summed E-state index contributed by atoms with van der Waals surface area (Å²) < 4.78 is 49.3. The van der Waals surface area contributed by atoms with E-state index in [0.717, 1.165) is 25.7 Å². The summed E-state index contributed by atoms with van der Waals surface area (Å²) in [6.45, 7) is 8.07. The third kappa shape index (κ3) is 8.38. The Morgan fingerprint density at radius 1 is 1.02 bits per heavy atom. The first-order chi connectivity index (χ1) is 21.0. The molecule has 0 aliphatic heterocycles. The van der Waals surface area contributed by atoms with Gasteiger partial charge in [0.05, 0.1) is 17.8 Å². The van der Waals surface area contributed by atoms with Gasteiger partial charge in [-0.25, -0.2) is 4.98 Å². The van der Waals surface area contributed by atoms with Crippen molar-refractivity contribution >= 4 is 38.8 Å². The van der Waals surface area contributed by atoms with Crippen molar-refractivity contribution in [1.82, 2.24) is 9.97 Å². The summed E-state index contributed by atoms with van der Waals surface area (Å²) in [6.07, 6.45) is 0.931. The van der Waals surface area contributed by atoms with E-state index in [2.05, 4.69) is 16.0 Å². The van der Waals surface area contributed by atoms with Gasteiger partial charge in [0.1, 0.15) is 29.1 Å². The summed E-state index contributed by atoms with van der Waals surface area (Å²) >= 11 is 0. The van der Waals surface area contributed by atoms with Gasteiger partial charge in [-0.2, -0.15) is 18.4 Å². The van der Waals surface area contributed by atoms with Crippen LogP contribution in [0.2, 0.25) is 0 Å². The van der Waals surface area contributed by atoms with E-state index in [0.29, 0.717) is 44.3 Å². The van der Waals surface area contributed by atoms with Gasteiger partial charge in [0.2, 0.25) is 0 Å². The normalized spacial score (nSPS) is 12.0. The quantitative estimate of drug-likeness (QED) is 0.0899. The monoisotopic (exact) mass is 797 g/mol. The number of allylic oxidation sites excluding steroid dienone is 2. The van der Waals surface area contributed by atoms with E-state index < -0.39 is 12.6 Å². The second-order valence-corrected chi connectivity index (χ2v) is 10.5. The molecule has 0 unspecified atom stereocenters. The number of furan rings is 2. The van der Waals surface area contributed by atoms with Gasteiger partial charge in [0, 0.05) is 49.1 Å². The van der Waals surface area contributed by atoms with Gasteiger partial charge < -0.3 is 13.9 Å². The number of carbonyl (C=O) groups excluding carboxylic acids is 1. The number of hydrogen-bond acceptors (Lipinski definition) is 7. The van der Waals surface area contributed by atoms with Crippen LogP contribution < -0.4 is 0 Å². The average molecular weight is 797 g/mol. The fourth-order valence-corrected chi connectivity index (χ4v) is 5.11. The number of halogens is 3. The molecule has 7 nitrogen and oxygen atoms in total. The largest absolute Gasteiger partial charge is 0.512 e. The molecule has 1 N–H and O–H groups in total. The van der Waals surface area contributed by atoms with Crippen molar-refractivity contribution in [1.29, 1.82) is 5.26 Å². The minimum Gasteiger partial charge on any atom is -0.512 e. The molecule has 0 saturated heterocycles. The SMILES string of the molecule is CCC(CC)C(=O)/C=C(\O)C(CC)CC.N#Cc1cc2cc(-c3ncnc4c3oc3cc(CC(F)(F)F)ccc34)[c-]cc2o1.[Ir]. The van der Waals surface area contributed by atoms with Crippen LogP contribution in [0.15, 0.2) is 63.4 Å². The van der Waals surface area contributed by atoms with Gasteiger partial charge in [-0.15, -0.1) is 23.8 Å². The number of ketones is 1. The van der Waals surface area contributed by atoms with Crippen molar-refractivity contribution < 1.29 is 52.0 Å². The van der Waals surface area contributed by atoms with Crippen LogP contribution in [0.3, 0.4) is 0 Å². The fourth-order valence-electron chi connectivity index (χ4n) is 5.11. The number of nitriles is 1. The maximum absolute atomic E-state index is 12.7. The summed E-state index contributed by atoms with van der Waals surface area (Å²) in [4.78, 5) is 20.2. The van der Waals surface area contributed by atoms with E-state index in [-0.39, 0.29) is 54.8 Å². The second-order valence-electron chi connectivity index (χ2n) is 10.5. The summed E-state index contributed by atoms with van der Waals surface area (Å²) in [5.41, 5.74) is 2.81. The number of alkyl halides is 3. The zero-order chi connectivity index (χ0) is 32.0. The summed E-state index contributed by atoms with van der Waals surface area (Å²) in [6, 6.07) is 14.3. The van der Waals surface area contributed by atoms with Gasteiger partial charge in [0.15, 0.2) is 11.5 Å². The van der Waals surface area contributed by atoms with Crippen LogP contribution in [0.4, 0.5) is 13.2 Å². The molecule has 239 valence electrons. The maximum atomic E-state index is 12.7.